The van der Waals surface area contributed by atoms with Gasteiger partial charge in [0, 0.05) is 5.56 Å². The molecule has 2 rings (SSSR count). The molecular formula is C19H16F2O5. The number of aliphatic carboxylic acids is 1. The number of hydrogen-bond donors (Lipinski definition) is 1. The minimum absolute atomic E-state index is 0.0148. The van der Waals surface area contributed by atoms with Crippen molar-refractivity contribution in [3.05, 3.63) is 65.7 Å². The minimum atomic E-state index is -2.91. The molecule has 2 aromatic rings. The standard InChI is InChI=1S/C19H16F2O5/c20-19(21)26-16-8-4-14(5-9-16)17(22)10-3-13-1-6-15(7-2-13)25-12-11-18(23)24/h1-10,19H,11-12H2,(H,23,24)/b10-3+. The van der Waals surface area contributed by atoms with Gasteiger partial charge in [-0.2, -0.15) is 8.78 Å². The third-order valence-corrected chi connectivity index (χ3v) is 3.26. The molecule has 0 saturated carbocycles. The second-order valence-electron chi connectivity index (χ2n) is 5.16. The highest BCUT2D eigenvalue weighted by molar-refractivity contribution is 6.06. The van der Waals surface area contributed by atoms with Crippen molar-refractivity contribution in [2.45, 2.75) is 13.0 Å². The molecule has 0 bridgehead atoms. The summed E-state index contributed by atoms with van der Waals surface area (Å²) in [5, 5.41) is 8.54. The zero-order chi connectivity index (χ0) is 18.9. The normalized spacial score (nSPS) is 10.9. The number of carbonyl (C=O) groups excluding carboxylic acids is 1. The van der Waals surface area contributed by atoms with Crippen molar-refractivity contribution in [3.63, 3.8) is 0 Å². The van der Waals surface area contributed by atoms with Crippen LogP contribution in [0.15, 0.2) is 54.6 Å². The Morgan fingerprint density at radius 3 is 2.19 bits per heavy atom. The van der Waals surface area contributed by atoms with Crippen LogP contribution in [0.3, 0.4) is 0 Å². The van der Waals surface area contributed by atoms with Gasteiger partial charge in [-0.25, -0.2) is 0 Å². The number of ether oxygens (including phenoxy) is 2. The number of hydrogen-bond acceptors (Lipinski definition) is 4. The van der Waals surface area contributed by atoms with Gasteiger partial charge in [-0.15, -0.1) is 0 Å². The Hall–Kier alpha value is -3.22. The minimum Gasteiger partial charge on any atom is -0.493 e. The molecule has 0 aliphatic carbocycles. The molecule has 0 aliphatic rings. The average Bonchev–Trinajstić information content (AvgIpc) is 2.60. The summed E-state index contributed by atoms with van der Waals surface area (Å²) in [4.78, 5) is 22.5. The van der Waals surface area contributed by atoms with Gasteiger partial charge in [0.25, 0.3) is 0 Å². The van der Waals surface area contributed by atoms with E-state index in [-0.39, 0.29) is 24.6 Å². The molecule has 0 saturated heterocycles. The first-order chi connectivity index (χ1) is 12.4. The number of carboxylic acid groups (broad SMARTS) is 1. The molecule has 0 radical (unpaired) electrons. The van der Waals surface area contributed by atoms with E-state index in [0.29, 0.717) is 11.3 Å². The molecule has 26 heavy (non-hydrogen) atoms. The number of carbonyl (C=O) groups is 2. The molecule has 5 nitrogen and oxygen atoms in total. The Kier molecular flexibility index (Phi) is 6.84. The van der Waals surface area contributed by atoms with Gasteiger partial charge >= 0.3 is 12.6 Å². The van der Waals surface area contributed by atoms with Crippen molar-refractivity contribution in [2.24, 2.45) is 0 Å². The monoisotopic (exact) mass is 362 g/mol. The van der Waals surface area contributed by atoms with E-state index in [1.807, 2.05) is 0 Å². The fraction of sp³-hybridized carbons (Fsp3) is 0.158. The van der Waals surface area contributed by atoms with E-state index in [1.165, 1.54) is 30.3 Å². The molecule has 136 valence electrons. The molecule has 7 heteroatoms. The largest absolute Gasteiger partial charge is 0.493 e. The predicted octanol–water partition coefficient (Wildman–Crippen LogP) is 4.04. The maximum atomic E-state index is 12.1. The molecular weight excluding hydrogens is 346 g/mol. The first-order valence-corrected chi connectivity index (χ1v) is 7.66. The van der Waals surface area contributed by atoms with Crippen LogP contribution in [-0.2, 0) is 4.79 Å². The first kappa shape index (κ1) is 19.1. The van der Waals surface area contributed by atoms with Gasteiger partial charge in [0.05, 0.1) is 13.0 Å². The number of carboxylic acids is 1. The molecule has 0 unspecified atom stereocenters. The maximum Gasteiger partial charge on any atom is 0.387 e. The van der Waals surface area contributed by atoms with E-state index >= 15 is 0 Å². The fourth-order valence-electron chi connectivity index (χ4n) is 2.00. The molecule has 0 atom stereocenters. The summed E-state index contributed by atoms with van der Waals surface area (Å²) >= 11 is 0. The third-order valence-electron chi connectivity index (χ3n) is 3.26. The Morgan fingerprint density at radius 1 is 1.00 bits per heavy atom. The molecule has 0 fully saturated rings. The number of benzene rings is 2. The van der Waals surface area contributed by atoms with Crippen LogP contribution in [0, 0.1) is 0 Å². The van der Waals surface area contributed by atoms with Crippen LogP contribution < -0.4 is 9.47 Å². The van der Waals surface area contributed by atoms with Gasteiger partial charge in [0.2, 0.25) is 0 Å². The van der Waals surface area contributed by atoms with E-state index < -0.39 is 12.6 Å². The lowest BCUT2D eigenvalue weighted by Crippen LogP contribution is -2.04. The molecule has 0 amide bonds. The quantitative estimate of drug-likeness (QED) is 0.538. The highest BCUT2D eigenvalue weighted by Crippen LogP contribution is 2.17. The summed E-state index contributed by atoms with van der Waals surface area (Å²) < 4.78 is 33.7. The molecule has 0 heterocycles. The topological polar surface area (TPSA) is 72.8 Å². The molecule has 1 N–H and O–H groups in total. The fourth-order valence-corrected chi connectivity index (χ4v) is 2.00. The summed E-state index contributed by atoms with van der Waals surface area (Å²) in [6.45, 7) is -2.83. The number of rotatable bonds is 9. The maximum absolute atomic E-state index is 12.1. The number of ketones is 1. The second-order valence-corrected chi connectivity index (χ2v) is 5.16. The van der Waals surface area contributed by atoms with Crippen LogP contribution in [0.4, 0.5) is 8.78 Å². The van der Waals surface area contributed by atoms with Gasteiger partial charge in [0.1, 0.15) is 11.5 Å². The molecule has 0 aromatic heterocycles. The van der Waals surface area contributed by atoms with E-state index in [0.717, 1.165) is 5.56 Å². The molecule has 0 spiro atoms. The number of halogens is 2. The lowest BCUT2D eigenvalue weighted by Gasteiger charge is -2.05. The van der Waals surface area contributed by atoms with Crippen molar-refractivity contribution in [1.82, 2.24) is 0 Å². The number of allylic oxidation sites excluding steroid dienone is 1. The van der Waals surface area contributed by atoms with Crippen LogP contribution in [-0.4, -0.2) is 30.1 Å². The van der Waals surface area contributed by atoms with Crippen molar-refractivity contribution in [1.29, 1.82) is 0 Å². The highest BCUT2D eigenvalue weighted by atomic mass is 19.3. The van der Waals surface area contributed by atoms with Crippen LogP contribution in [0.25, 0.3) is 6.08 Å². The van der Waals surface area contributed by atoms with E-state index in [2.05, 4.69) is 4.74 Å². The van der Waals surface area contributed by atoms with Gasteiger partial charge in [-0.1, -0.05) is 18.2 Å². The van der Waals surface area contributed by atoms with Gasteiger partial charge in [0.15, 0.2) is 5.78 Å². The zero-order valence-corrected chi connectivity index (χ0v) is 13.6. The van der Waals surface area contributed by atoms with Gasteiger partial charge < -0.3 is 14.6 Å². The Balaban J connectivity index is 1.91. The van der Waals surface area contributed by atoms with E-state index in [1.54, 1.807) is 30.3 Å². The Labute approximate surface area is 148 Å². The summed E-state index contributed by atoms with van der Waals surface area (Å²) in [5.41, 5.74) is 1.10. The van der Waals surface area contributed by atoms with E-state index in [9.17, 15) is 18.4 Å². The second kappa shape index (κ2) is 9.31. The summed E-state index contributed by atoms with van der Waals surface area (Å²) in [5.74, 6) is -0.699. The van der Waals surface area contributed by atoms with Crippen molar-refractivity contribution < 1.29 is 33.0 Å². The lowest BCUT2D eigenvalue weighted by molar-refractivity contribution is -0.137. The first-order valence-electron chi connectivity index (χ1n) is 7.66. The van der Waals surface area contributed by atoms with Crippen LogP contribution in [0.1, 0.15) is 22.3 Å². The van der Waals surface area contributed by atoms with Crippen LogP contribution >= 0.6 is 0 Å². The smallest absolute Gasteiger partial charge is 0.387 e. The van der Waals surface area contributed by atoms with E-state index in [4.69, 9.17) is 9.84 Å². The predicted molar refractivity (Wildman–Crippen MR) is 90.6 cm³/mol. The van der Waals surface area contributed by atoms with Crippen LogP contribution in [0.5, 0.6) is 11.5 Å². The van der Waals surface area contributed by atoms with Crippen LogP contribution in [0.2, 0.25) is 0 Å². The summed E-state index contributed by atoms with van der Waals surface area (Å²) in [6.07, 6.45) is 2.88. The van der Waals surface area contributed by atoms with Crippen molar-refractivity contribution in [2.75, 3.05) is 6.61 Å². The van der Waals surface area contributed by atoms with Crippen molar-refractivity contribution in [3.8, 4) is 11.5 Å². The number of alkyl halides is 2. The molecule has 2 aromatic carbocycles. The molecule has 0 aliphatic heterocycles. The summed E-state index contributed by atoms with van der Waals surface area (Å²) in [7, 11) is 0. The SMILES string of the molecule is O=C(O)CCOc1ccc(/C=C/C(=O)c2ccc(OC(F)F)cc2)cc1. The Morgan fingerprint density at radius 2 is 1.62 bits per heavy atom. The van der Waals surface area contributed by atoms with Gasteiger partial charge in [-0.3, -0.25) is 9.59 Å². The lowest BCUT2D eigenvalue weighted by atomic mass is 10.1. The highest BCUT2D eigenvalue weighted by Gasteiger charge is 2.06. The summed E-state index contributed by atoms with van der Waals surface area (Å²) in [6, 6.07) is 12.2. The Bertz CT molecular complexity index is 768. The zero-order valence-electron chi connectivity index (χ0n) is 13.6. The third kappa shape index (κ3) is 6.35. The van der Waals surface area contributed by atoms with Crippen molar-refractivity contribution >= 4 is 17.8 Å². The van der Waals surface area contributed by atoms with Gasteiger partial charge in [-0.05, 0) is 48.0 Å². The average molecular weight is 362 g/mol.